The first kappa shape index (κ1) is 24.1. The van der Waals surface area contributed by atoms with E-state index in [1.807, 2.05) is 26.0 Å². The van der Waals surface area contributed by atoms with Gasteiger partial charge in [-0.15, -0.1) is 0 Å². The van der Waals surface area contributed by atoms with Gasteiger partial charge in [0.05, 0.1) is 28.2 Å². The van der Waals surface area contributed by atoms with Crippen molar-refractivity contribution in [3.8, 4) is 5.75 Å². The van der Waals surface area contributed by atoms with Crippen molar-refractivity contribution >= 4 is 54.9 Å². The second-order valence-corrected chi connectivity index (χ2v) is 9.12. The van der Waals surface area contributed by atoms with Gasteiger partial charge in [-0.25, -0.2) is 9.78 Å². The average molecular weight is 565 g/mol. The van der Waals surface area contributed by atoms with E-state index >= 15 is 0 Å². The Labute approximate surface area is 202 Å². The van der Waals surface area contributed by atoms with Crippen molar-refractivity contribution in [3.05, 3.63) is 67.1 Å². The molecule has 1 atom stereocenters. The molecule has 9 heteroatoms. The molecule has 0 aliphatic heterocycles. The maximum absolute atomic E-state index is 13.1. The molecule has 0 spiro atoms. The molecule has 1 aromatic heterocycles. The number of carbonyl (C=O) groups is 1. The Bertz CT molecular complexity index is 1240. The number of benzene rings is 2. The average Bonchev–Trinajstić information content (AvgIpc) is 2.75. The first-order valence-electron chi connectivity index (χ1n) is 10.1. The molecule has 7 nitrogen and oxygen atoms in total. The highest BCUT2D eigenvalue weighted by Gasteiger charge is 2.17. The topological polar surface area (TPSA) is 82.8 Å². The number of hydrogen-bond donors (Lipinski definition) is 0. The minimum absolute atomic E-state index is 0.000210. The van der Waals surface area contributed by atoms with Gasteiger partial charge in [-0.3, -0.25) is 4.79 Å². The second-order valence-electron chi connectivity index (χ2n) is 7.35. The summed E-state index contributed by atoms with van der Waals surface area (Å²) in [5, 5.41) is 4.91. The fraction of sp³-hybridized carbons (Fsp3) is 0.304. The van der Waals surface area contributed by atoms with Crippen LogP contribution in [0.15, 0.2) is 55.2 Å². The summed E-state index contributed by atoms with van der Waals surface area (Å²) in [6.45, 7) is 7.60. The molecule has 0 unspecified atom stereocenters. The largest absolute Gasteiger partial charge is 0.478 e. The van der Waals surface area contributed by atoms with Gasteiger partial charge < -0.3 is 9.47 Å². The molecule has 0 aliphatic carbocycles. The van der Waals surface area contributed by atoms with E-state index in [0.29, 0.717) is 33.6 Å². The minimum atomic E-state index is -0.735. The quantitative estimate of drug-likeness (QED) is 0.289. The van der Waals surface area contributed by atoms with E-state index in [-0.39, 0.29) is 11.5 Å². The summed E-state index contributed by atoms with van der Waals surface area (Å²) in [6.07, 6.45) is 0.850. The van der Waals surface area contributed by atoms with Gasteiger partial charge in [0.1, 0.15) is 11.6 Å². The molecule has 0 aliphatic rings. The highest BCUT2D eigenvalue weighted by molar-refractivity contribution is 9.10. The van der Waals surface area contributed by atoms with Crippen molar-refractivity contribution in [2.45, 2.75) is 39.7 Å². The highest BCUT2D eigenvalue weighted by atomic mass is 79.9. The number of carbonyl (C=O) groups excluding carboxylic acids is 1. The fourth-order valence-corrected chi connectivity index (χ4v) is 3.82. The number of rotatable bonds is 7. The number of nitrogens with zero attached hydrogens (tertiary/aromatic N) is 3. The molecule has 32 heavy (non-hydrogen) atoms. The third kappa shape index (κ3) is 5.45. The van der Waals surface area contributed by atoms with Crippen molar-refractivity contribution in [1.29, 1.82) is 0 Å². The molecule has 3 rings (SSSR count). The van der Waals surface area contributed by atoms with Crippen molar-refractivity contribution < 1.29 is 14.3 Å². The third-order valence-electron chi connectivity index (χ3n) is 4.55. The van der Waals surface area contributed by atoms with Gasteiger partial charge in [0, 0.05) is 10.4 Å². The Kier molecular flexibility index (Phi) is 7.84. The first-order chi connectivity index (χ1) is 15.2. The van der Waals surface area contributed by atoms with Crippen LogP contribution in [0.25, 0.3) is 10.9 Å². The third-order valence-corrected chi connectivity index (χ3v) is 5.66. The normalized spacial score (nSPS) is 12.5. The van der Waals surface area contributed by atoms with Crippen LogP contribution >= 0.6 is 31.9 Å². The van der Waals surface area contributed by atoms with Crippen LogP contribution in [-0.2, 0) is 9.53 Å². The molecule has 3 aromatic rings. The van der Waals surface area contributed by atoms with Crippen LogP contribution in [0.2, 0.25) is 0 Å². The smallest absolute Gasteiger partial charge is 0.347 e. The second kappa shape index (κ2) is 10.4. The zero-order valence-corrected chi connectivity index (χ0v) is 21.3. The van der Waals surface area contributed by atoms with Gasteiger partial charge in [0.15, 0.2) is 6.10 Å². The summed E-state index contributed by atoms with van der Waals surface area (Å²) in [5.41, 5.74) is 1.14. The predicted molar refractivity (Wildman–Crippen MR) is 132 cm³/mol. The van der Waals surface area contributed by atoms with Crippen LogP contribution in [-0.4, -0.2) is 34.6 Å². The molecular formula is C23H23Br2N3O4. The van der Waals surface area contributed by atoms with E-state index < -0.39 is 12.1 Å². The van der Waals surface area contributed by atoms with E-state index in [2.05, 4.69) is 41.9 Å². The lowest BCUT2D eigenvalue weighted by Crippen LogP contribution is -2.26. The van der Waals surface area contributed by atoms with Gasteiger partial charge in [-0.2, -0.15) is 9.78 Å². The summed E-state index contributed by atoms with van der Waals surface area (Å²) in [7, 11) is 0. The number of aromatic nitrogens is 2. The summed E-state index contributed by atoms with van der Waals surface area (Å²) in [5.74, 6) is 0.643. The van der Waals surface area contributed by atoms with Gasteiger partial charge in [-0.05, 0) is 71.7 Å². The lowest BCUT2D eigenvalue weighted by Gasteiger charge is -2.15. The zero-order valence-electron chi connectivity index (χ0n) is 18.1. The molecule has 168 valence electrons. The van der Waals surface area contributed by atoms with Gasteiger partial charge in [-0.1, -0.05) is 29.8 Å². The Morgan fingerprint density at radius 1 is 1.19 bits per heavy atom. The summed E-state index contributed by atoms with van der Waals surface area (Å²) >= 11 is 6.86. The number of fused-ring (bicyclic) bond motifs is 1. The Morgan fingerprint density at radius 3 is 2.59 bits per heavy atom. The molecule has 0 fully saturated rings. The maximum atomic E-state index is 13.1. The lowest BCUT2D eigenvalue weighted by molar-refractivity contribution is -0.150. The maximum Gasteiger partial charge on any atom is 0.347 e. The number of hydrogen-bond acceptors (Lipinski definition) is 6. The van der Waals surface area contributed by atoms with Crippen molar-refractivity contribution in [3.63, 3.8) is 0 Å². The zero-order chi connectivity index (χ0) is 23.4. The molecule has 2 aromatic carbocycles. The number of halogens is 2. The molecule has 0 saturated carbocycles. The van der Waals surface area contributed by atoms with Gasteiger partial charge in [0.2, 0.25) is 0 Å². The van der Waals surface area contributed by atoms with E-state index in [1.165, 1.54) is 4.68 Å². The van der Waals surface area contributed by atoms with Crippen molar-refractivity contribution in [2.75, 3.05) is 6.61 Å². The highest BCUT2D eigenvalue weighted by Crippen LogP contribution is 2.27. The molecule has 0 radical (unpaired) electrons. The number of esters is 1. The molecular weight excluding hydrogens is 542 g/mol. The predicted octanol–water partition coefficient (Wildman–Crippen LogP) is 5.26. The Hall–Kier alpha value is -2.52. The summed E-state index contributed by atoms with van der Waals surface area (Å²) in [6, 6.07) is 10.7. The summed E-state index contributed by atoms with van der Waals surface area (Å²) < 4.78 is 13.4. The molecule has 1 heterocycles. The molecule has 0 N–H and O–H groups in total. The summed E-state index contributed by atoms with van der Waals surface area (Å²) in [4.78, 5) is 29.5. The van der Waals surface area contributed by atoms with E-state index in [1.54, 1.807) is 44.3 Å². The molecule has 0 bridgehead atoms. The Morgan fingerprint density at radius 2 is 1.94 bits per heavy atom. The Balaban J connectivity index is 1.93. The van der Waals surface area contributed by atoms with Crippen LogP contribution in [0, 0.1) is 0 Å². The molecule has 0 amide bonds. The van der Waals surface area contributed by atoms with Crippen LogP contribution in [0.1, 0.15) is 45.0 Å². The van der Waals surface area contributed by atoms with E-state index in [4.69, 9.17) is 9.47 Å². The van der Waals surface area contributed by atoms with E-state index in [9.17, 15) is 9.59 Å². The first-order valence-corrected chi connectivity index (χ1v) is 11.7. The van der Waals surface area contributed by atoms with Crippen molar-refractivity contribution in [2.24, 2.45) is 5.10 Å². The van der Waals surface area contributed by atoms with Crippen molar-refractivity contribution in [1.82, 2.24) is 9.66 Å². The monoisotopic (exact) mass is 563 g/mol. The van der Waals surface area contributed by atoms with Crippen LogP contribution in [0.3, 0.4) is 0 Å². The number of ether oxygens (including phenoxy) is 2. The lowest BCUT2D eigenvalue weighted by atomic mass is 10.2. The van der Waals surface area contributed by atoms with Gasteiger partial charge >= 0.3 is 5.97 Å². The van der Waals surface area contributed by atoms with E-state index in [0.717, 1.165) is 10.0 Å². The van der Waals surface area contributed by atoms with Gasteiger partial charge in [0.25, 0.3) is 5.56 Å². The van der Waals surface area contributed by atoms with Crippen LogP contribution in [0.5, 0.6) is 5.75 Å². The SMILES string of the molecule is CCOC(=O)[C@@H](C)Oc1ccc(C=Nn2c(C(C)C)nc3ccc(Br)cc3c2=O)cc1Br. The molecule has 0 saturated heterocycles. The fourth-order valence-electron chi connectivity index (χ4n) is 2.97. The minimum Gasteiger partial charge on any atom is -0.478 e. The van der Waals surface area contributed by atoms with Crippen LogP contribution < -0.4 is 10.3 Å². The standard InChI is InChI=1S/C23H23Br2N3O4/c1-5-31-23(30)14(4)32-20-9-6-15(10-18(20)25)12-26-28-21(13(2)3)27-19-8-7-16(24)11-17(19)22(28)29/h6-14H,5H2,1-4H3/t14-/m1/s1. The van der Waals surface area contributed by atoms with Crippen LogP contribution in [0.4, 0.5) is 0 Å².